The number of hydrogen-bond donors (Lipinski definition) is 2. The molecular weight excluding hydrogens is 268 g/mol. The van der Waals surface area contributed by atoms with E-state index in [2.05, 4.69) is 5.16 Å². The maximum absolute atomic E-state index is 8.58. The van der Waals surface area contributed by atoms with Gasteiger partial charge in [-0.3, -0.25) is 0 Å². The quantitative estimate of drug-likeness (QED) is 0.269. The van der Waals surface area contributed by atoms with Crippen LogP contribution in [0.2, 0.25) is 0 Å². The van der Waals surface area contributed by atoms with Crippen molar-refractivity contribution >= 4 is 5.84 Å². The van der Waals surface area contributed by atoms with Crippen molar-refractivity contribution < 1.29 is 14.7 Å². The summed E-state index contributed by atoms with van der Waals surface area (Å²) in [6, 6.07) is 17.0. The zero-order valence-corrected chi connectivity index (χ0v) is 11.6. The molecule has 0 heterocycles. The van der Waals surface area contributed by atoms with Crippen LogP contribution in [-0.2, 0) is 11.3 Å². The van der Waals surface area contributed by atoms with Crippen LogP contribution < -0.4 is 10.5 Å². The van der Waals surface area contributed by atoms with Crippen molar-refractivity contribution in [2.75, 3.05) is 13.2 Å². The highest BCUT2D eigenvalue weighted by molar-refractivity contribution is 5.96. The van der Waals surface area contributed by atoms with Crippen LogP contribution in [0.3, 0.4) is 0 Å². The number of nitrogens with two attached hydrogens (primary N) is 1. The molecule has 110 valence electrons. The van der Waals surface area contributed by atoms with Gasteiger partial charge in [0.15, 0.2) is 5.84 Å². The van der Waals surface area contributed by atoms with E-state index in [1.165, 1.54) is 0 Å². The Hall–Kier alpha value is -2.53. The smallest absolute Gasteiger partial charge is 0.170 e. The Morgan fingerprint density at radius 2 is 1.71 bits per heavy atom. The minimum absolute atomic E-state index is 0.0960. The molecule has 0 aliphatic rings. The first-order chi connectivity index (χ1) is 10.3. The third kappa shape index (κ3) is 4.81. The molecule has 5 heteroatoms. The molecule has 0 radical (unpaired) electrons. The number of ether oxygens (including phenoxy) is 2. The fourth-order valence-corrected chi connectivity index (χ4v) is 1.75. The third-order valence-corrected chi connectivity index (χ3v) is 2.87. The topological polar surface area (TPSA) is 77.1 Å². The Balaban J connectivity index is 1.69. The molecule has 0 aromatic heterocycles. The fraction of sp³-hybridized carbons (Fsp3) is 0.188. The van der Waals surface area contributed by atoms with Gasteiger partial charge in [0, 0.05) is 5.56 Å². The summed E-state index contributed by atoms with van der Waals surface area (Å²) in [5, 5.41) is 11.5. The van der Waals surface area contributed by atoms with Crippen molar-refractivity contribution in [3.63, 3.8) is 0 Å². The van der Waals surface area contributed by atoms with Crippen LogP contribution in [0.15, 0.2) is 59.8 Å². The van der Waals surface area contributed by atoms with Crippen molar-refractivity contribution in [2.45, 2.75) is 6.61 Å². The number of oxime groups is 1. The van der Waals surface area contributed by atoms with E-state index in [-0.39, 0.29) is 5.84 Å². The molecule has 2 rings (SSSR count). The third-order valence-electron chi connectivity index (χ3n) is 2.87. The summed E-state index contributed by atoms with van der Waals surface area (Å²) in [6.07, 6.45) is 0. The number of rotatable bonds is 7. The predicted molar refractivity (Wildman–Crippen MR) is 80.5 cm³/mol. The Labute approximate surface area is 123 Å². The van der Waals surface area contributed by atoms with Gasteiger partial charge in [0.05, 0.1) is 13.2 Å². The van der Waals surface area contributed by atoms with Crippen LogP contribution in [0.1, 0.15) is 11.1 Å². The van der Waals surface area contributed by atoms with Gasteiger partial charge < -0.3 is 20.4 Å². The van der Waals surface area contributed by atoms with Crippen LogP contribution in [0.5, 0.6) is 5.75 Å². The van der Waals surface area contributed by atoms with Gasteiger partial charge in [-0.1, -0.05) is 47.6 Å². The summed E-state index contributed by atoms with van der Waals surface area (Å²) in [5.74, 6) is 0.933. The number of nitrogens with zero attached hydrogens (tertiary/aromatic N) is 1. The summed E-state index contributed by atoms with van der Waals surface area (Å²) >= 11 is 0. The summed E-state index contributed by atoms with van der Waals surface area (Å²) in [6.45, 7) is 1.51. The van der Waals surface area contributed by atoms with Gasteiger partial charge in [-0.2, -0.15) is 0 Å². The lowest BCUT2D eigenvalue weighted by Gasteiger charge is -2.07. The second kappa shape index (κ2) is 7.91. The van der Waals surface area contributed by atoms with Crippen LogP contribution in [-0.4, -0.2) is 24.3 Å². The zero-order chi connectivity index (χ0) is 14.9. The summed E-state index contributed by atoms with van der Waals surface area (Å²) < 4.78 is 11.1. The molecule has 3 N–H and O–H groups in total. The van der Waals surface area contributed by atoms with E-state index in [1.54, 1.807) is 12.1 Å². The van der Waals surface area contributed by atoms with Crippen LogP contribution in [0, 0.1) is 0 Å². The molecule has 0 saturated carbocycles. The number of amidine groups is 1. The summed E-state index contributed by atoms with van der Waals surface area (Å²) in [5.41, 5.74) is 7.18. The van der Waals surface area contributed by atoms with Gasteiger partial charge >= 0.3 is 0 Å². The van der Waals surface area contributed by atoms with Gasteiger partial charge in [-0.15, -0.1) is 0 Å². The molecule has 0 saturated heterocycles. The molecule has 2 aromatic rings. The molecule has 0 spiro atoms. The average Bonchev–Trinajstić information content (AvgIpc) is 2.55. The Morgan fingerprint density at radius 3 is 2.38 bits per heavy atom. The molecule has 0 aliphatic carbocycles. The molecule has 0 atom stereocenters. The summed E-state index contributed by atoms with van der Waals surface area (Å²) in [7, 11) is 0. The lowest BCUT2D eigenvalue weighted by molar-refractivity contribution is 0.0889. The molecule has 5 nitrogen and oxygen atoms in total. The molecule has 0 bridgehead atoms. The van der Waals surface area contributed by atoms with E-state index in [0.717, 1.165) is 11.3 Å². The standard InChI is InChI=1S/C16H18N2O3/c17-16(18-19)14-8-6-13(7-9-14)12-20-10-11-21-15-4-2-1-3-5-15/h1-9,19H,10-12H2,(H2,17,18). The molecule has 0 aliphatic heterocycles. The van der Waals surface area contributed by atoms with Gasteiger partial charge in [0.2, 0.25) is 0 Å². The van der Waals surface area contributed by atoms with E-state index in [0.29, 0.717) is 25.4 Å². The van der Waals surface area contributed by atoms with E-state index in [1.807, 2.05) is 42.5 Å². The highest BCUT2D eigenvalue weighted by atomic mass is 16.5. The number of benzene rings is 2. The molecule has 0 unspecified atom stereocenters. The van der Waals surface area contributed by atoms with Crippen LogP contribution >= 0.6 is 0 Å². The first-order valence-electron chi connectivity index (χ1n) is 6.62. The van der Waals surface area contributed by atoms with Crippen molar-refractivity contribution in [2.24, 2.45) is 10.9 Å². The molecule has 2 aromatic carbocycles. The van der Waals surface area contributed by atoms with Crippen molar-refractivity contribution in [3.8, 4) is 5.75 Å². The minimum atomic E-state index is 0.0960. The first kappa shape index (κ1) is 14.9. The Kier molecular flexibility index (Phi) is 5.60. The highest BCUT2D eigenvalue weighted by Crippen LogP contribution is 2.08. The fourth-order valence-electron chi connectivity index (χ4n) is 1.75. The van der Waals surface area contributed by atoms with Crippen LogP contribution in [0.4, 0.5) is 0 Å². The second-order valence-electron chi connectivity index (χ2n) is 4.40. The molecule has 21 heavy (non-hydrogen) atoms. The van der Waals surface area contributed by atoms with Gasteiger partial charge in [0.25, 0.3) is 0 Å². The monoisotopic (exact) mass is 286 g/mol. The normalized spacial score (nSPS) is 11.3. The van der Waals surface area contributed by atoms with E-state index in [4.69, 9.17) is 20.4 Å². The largest absolute Gasteiger partial charge is 0.491 e. The van der Waals surface area contributed by atoms with E-state index < -0.39 is 0 Å². The van der Waals surface area contributed by atoms with Gasteiger partial charge in [-0.25, -0.2) is 0 Å². The minimum Gasteiger partial charge on any atom is -0.491 e. The van der Waals surface area contributed by atoms with Gasteiger partial charge in [-0.05, 0) is 17.7 Å². The second-order valence-corrected chi connectivity index (χ2v) is 4.40. The molecule has 0 amide bonds. The average molecular weight is 286 g/mol. The maximum atomic E-state index is 8.58. The lowest BCUT2D eigenvalue weighted by Crippen LogP contribution is -2.13. The summed E-state index contributed by atoms with van der Waals surface area (Å²) in [4.78, 5) is 0. The van der Waals surface area contributed by atoms with Crippen molar-refractivity contribution in [3.05, 3.63) is 65.7 Å². The SMILES string of the molecule is N/C(=N\O)c1ccc(COCCOc2ccccc2)cc1. The van der Waals surface area contributed by atoms with Gasteiger partial charge in [0.1, 0.15) is 12.4 Å². The van der Waals surface area contributed by atoms with Crippen molar-refractivity contribution in [1.82, 2.24) is 0 Å². The lowest BCUT2D eigenvalue weighted by atomic mass is 10.1. The van der Waals surface area contributed by atoms with Crippen molar-refractivity contribution in [1.29, 1.82) is 0 Å². The number of hydrogen-bond acceptors (Lipinski definition) is 4. The maximum Gasteiger partial charge on any atom is 0.170 e. The number of para-hydroxylation sites is 1. The highest BCUT2D eigenvalue weighted by Gasteiger charge is 1.99. The van der Waals surface area contributed by atoms with Crippen LogP contribution in [0.25, 0.3) is 0 Å². The zero-order valence-electron chi connectivity index (χ0n) is 11.6. The molecular formula is C16H18N2O3. The van der Waals surface area contributed by atoms with E-state index >= 15 is 0 Å². The Bertz CT molecular complexity index is 568. The molecule has 0 fully saturated rings. The Morgan fingerprint density at radius 1 is 1.00 bits per heavy atom. The first-order valence-corrected chi connectivity index (χ1v) is 6.62. The van der Waals surface area contributed by atoms with E-state index in [9.17, 15) is 0 Å². The predicted octanol–water partition coefficient (Wildman–Crippen LogP) is 2.38.